The average Bonchev–Trinajstić information content (AvgIpc) is 2.35. The molecular weight excluding hydrogens is 224 g/mol. The molecule has 1 aromatic carbocycles. The molecule has 6 heteroatoms. The van der Waals surface area contributed by atoms with Gasteiger partial charge in [-0.3, -0.25) is 4.79 Å². The number of aliphatic hydroxyl groups is 1. The highest BCUT2D eigenvalue weighted by molar-refractivity contribution is 5.96. The Labute approximate surface area is 98.1 Å². The number of amides is 1. The van der Waals surface area contributed by atoms with Crippen LogP contribution in [-0.2, 0) is 11.3 Å². The van der Waals surface area contributed by atoms with Crippen LogP contribution in [0, 0.1) is 0 Å². The minimum absolute atomic E-state index is 0.321. The smallest absolute Gasteiger partial charge is 0.328 e. The predicted molar refractivity (Wildman–Crippen MR) is 60.3 cm³/mol. The molecule has 0 aliphatic rings. The van der Waals surface area contributed by atoms with E-state index in [9.17, 15) is 9.59 Å². The molecule has 1 amide bonds. The van der Waals surface area contributed by atoms with Gasteiger partial charge < -0.3 is 21.3 Å². The van der Waals surface area contributed by atoms with Gasteiger partial charge in [0.2, 0.25) is 0 Å². The fourth-order valence-corrected chi connectivity index (χ4v) is 1.22. The minimum atomic E-state index is -1.29. The lowest BCUT2D eigenvalue weighted by Gasteiger charge is -2.11. The van der Waals surface area contributed by atoms with Gasteiger partial charge in [0.1, 0.15) is 0 Å². The lowest BCUT2D eigenvalue weighted by molar-refractivity contribution is -0.140. The molecule has 6 nitrogen and oxygen atoms in total. The van der Waals surface area contributed by atoms with E-state index in [1.165, 1.54) is 0 Å². The Kier molecular flexibility index (Phi) is 4.62. The molecule has 0 bridgehead atoms. The number of rotatable bonds is 5. The number of carbonyl (C=O) groups is 2. The van der Waals surface area contributed by atoms with Crippen molar-refractivity contribution in [2.24, 2.45) is 5.73 Å². The van der Waals surface area contributed by atoms with Gasteiger partial charge in [-0.25, -0.2) is 4.79 Å². The Morgan fingerprint density at radius 3 is 2.29 bits per heavy atom. The van der Waals surface area contributed by atoms with E-state index in [1.54, 1.807) is 24.3 Å². The molecule has 0 aliphatic carbocycles. The van der Waals surface area contributed by atoms with E-state index in [4.69, 9.17) is 15.9 Å². The fourth-order valence-electron chi connectivity index (χ4n) is 1.22. The van der Waals surface area contributed by atoms with E-state index < -0.39 is 24.5 Å². The van der Waals surface area contributed by atoms with E-state index in [-0.39, 0.29) is 0 Å². The number of aliphatic carboxylic acids is 1. The van der Waals surface area contributed by atoms with Gasteiger partial charge in [-0.15, -0.1) is 0 Å². The van der Waals surface area contributed by atoms with Crippen molar-refractivity contribution in [1.82, 2.24) is 5.32 Å². The van der Waals surface area contributed by atoms with Gasteiger partial charge in [0.25, 0.3) is 5.91 Å². The second kappa shape index (κ2) is 5.97. The zero-order chi connectivity index (χ0) is 12.8. The van der Waals surface area contributed by atoms with Crippen LogP contribution in [0.2, 0.25) is 0 Å². The number of carboxylic acids is 1. The maximum atomic E-state index is 11.6. The van der Waals surface area contributed by atoms with Crippen molar-refractivity contribution in [2.45, 2.75) is 12.6 Å². The number of carbonyl (C=O) groups excluding carboxylic acids is 1. The molecule has 0 radical (unpaired) electrons. The van der Waals surface area contributed by atoms with Crippen LogP contribution in [0.1, 0.15) is 15.9 Å². The summed E-state index contributed by atoms with van der Waals surface area (Å²) >= 11 is 0. The molecule has 1 rings (SSSR count). The van der Waals surface area contributed by atoms with Crippen LogP contribution in [0.3, 0.4) is 0 Å². The van der Waals surface area contributed by atoms with E-state index in [0.29, 0.717) is 12.1 Å². The van der Waals surface area contributed by atoms with Crippen molar-refractivity contribution < 1.29 is 19.8 Å². The number of nitrogens with one attached hydrogen (secondary N) is 1. The van der Waals surface area contributed by atoms with E-state index >= 15 is 0 Å². The SMILES string of the molecule is NCc1ccc(C(=O)N[C@H](CO)C(=O)O)cc1. The Morgan fingerprint density at radius 2 is 1.88 bits per heavy atom. The van der Waals surface area contributed by atoms with Gasteiger partial charge in [0, 0.05) is 12.1 Å². The van der Waals surface area contributed by atoms with Crippen LogP contribution < -0.4 is 11.1 Å². The first-order valence-electron chi connectivity index (χ1n) is 5.02. The third-order valence-corrected chi connectivity index (χ3v) is 2.24. The third-order valence-electron chi connectivity index (χ3n) is 2.24. The normalized spacial score (nSPS) is 11.9. The molecule has 1 aromatic rings. The van der Waals surface area contributed by atoms with Crippen LogP contribution in [-0.4, -0.2) is 34.7 Å². The Balaban J connectivity index is 2.72. The summed E-state index contributed by atoms with van der Waals surface area (Å²) in [4.78, 5) is 22.2. The zero-order valence-corrected chi connectivity index (χ0v) is 9.09. The lowest BCUT2D eigenvalue weighted by Crippen LogP contribution is -2.43. The number of hydrogen-bond acceptors (Lipinski definition) is 4. The molecule has 92 valence electrons. The molecule has 0 aromatic heterocycles. The summed E-state index contributed by atoms with van der Waals surface area (Å²) in [5.41, 5.74) is 6.60. The lowest BCUT2D eigenvalue weighted by atomic mass is 10.1. The van der Waals surface area contributed by atoms with Crippen LogP contribution in [0.15, 0.2) is 24.3 Å². The molecule has 0 heterocycles. The van der Waals surface area contributed by atoms with Crippen LogP contribution >= 0.6 is 0 Å². The van der Waals surface area contributed by atoms with Crippen molar-refractivity contribution in [1.29, 1.82) is 0 Å². The van der Waals surface area contributed by atoms with Crippen molar-refractivity contribution in [3.63, 3.8) is 0 Å². The highest BCUT2D eigenvalue weighted by Crippen LogP contribution is 2.04. The van der Waals surface area contributed by atoms with Crippen LogP contribution in [0.5, 0.6) is 0 Å². The van der Waals surface area contributed by atoms with Gasteiger partial charge in [-0.1, -0.05) is 12.1 Å². The average molecular weight is 238 g/mol. The van der Waals surface area contributed by atoms with Gasteiger partial charge in [-0.05, 0) is 17.7 Å². The first kappa shape index (κ1) is 13.1. The fraction of sp³-hybridized carbons (Fsp3) is 0.273. The number of nitrogens with two attached hydrogens (primary N) is 1. The van der Waals surface area contributed by atoms with E-state index in [1.807, 2.05) is 0 Å². The zero-order valence-electron chi connectivity index (χ0n) is 9.09. The number of hydrogen-bond donors (Lipinski definition) is 4. The monoisotopic (exact) mass is 238 g/mol. The van der Waals surface area contributed by atoms with Gasteiger partial charge in [0.05, 0.1) is 6.61 Å². The Hall–Kier alpha value is -1.92. The van der Waals surface area contributed by atoms with Gasteiger partial charge in [0.15, 0.2) is 6.04 Å². The van der Waals surface area contributed by atoms with Crippen molar-refractivity contribution in [3.05, 3.63) is 35.4 Å². The largest absolute Gasteiger partial charge is 0.480 e. The third kappa shape index (κ3) is 3.54. The minimum Gasteiger partial charge on any atom is -0.480 e. The van der Waals surface area contributed by atoms with Crippen molar-refractivity contribution in [3.8, 4) is 0 Å². The molecule has 0 aliphatic heterocycles. The summed E-state index contributed by atoms with van der Waals surface area (Å²) in [5.74, 6) is -1.82. The second-order valence-electron chi connectivity index (χ2n) is 3.45. The van der Waals surface area contributed by atoms with Crippen molar-refractivity contribution >= 4 is 11.9 Å². The van der Waals surface area contributed by atoms with E-state index in [2.05, 4.69) is 5.32 Å². The van der Waals surface area contributed by atoms with E-state index in [0.717, 1.165) is 5.56 Å². The first-order valence-corrected chi connectivity index (χ1v) is 5.02. The molecule has 5 N–H and O–H groups in total. The van der Waals surface area contributed by atoms with Crippen molar-refractivity contribution in [2.75, 3.05) is 6.61 Å². The quantitative estimate of drug-likeness (QED) is 0.543. The molecule has 0 fully saturated rings. The molecule has 0 spiro atoms. The Morgan fingerprint density at radius 1 is 1.29 bits per heavy atom. The summed E-state index contributed by atoms with van der Waals surface area (Å²) in [6.45, 7) is -0.280. The maximum absolute atomic E-state index is 11.6. The summed E-state index contributed by atoms with van der Waals surface area (Å²) in [6.07, 6.45) is 0. The maximum Gasteiger partial charge on any atom is 0.328 e. The highest BCUT2D eigenvalue weighted by atomic mass is 16.4. The van der Waals surface area contributed by atoms with Gasteiger partial charge >= 0.3 is 5.97 Å². The molecule has 0 unspecified atom stereocenters. The molecule has 1 atom stereocenters. The summed E-state index contributed by atoms with van der Waals surface area (Å²) in [6, 6.07) is 5.17. The summed E-state index contributed by atoms with van der Waals surface area (Å²) < 4.78 is 0. The topological polar surface area (TPSA) is 113 Å². The molecule has 0 saturated heterocycles. The number of benzene rings is 1. The second-order valence-corrected chi connectivity index (χ2v) is 3.45. The number of carboxylic acid groups (broad SMARTS) is 1. The molecular formula is C11H14N2O4. The molecule has 17 heavy (non-hydrogen) atoms. The van der Waals surface area contributed by atoms with Gasteiger partial charge in [-0.2, -0.15) is 0 Å². The molecule has 0 saturated carbocycles. The first-order chi connectivity index (χ1) is 8.08. The predicted octanol–water partition coefficient (Wildman–Crippen LogP) is -0.679. The Bertz CT molecular complexity index is 402. The van der Waals surface area contributed by atoms with Crippen LogP contribution in [0.25, 0.3) is 0 Å². The summed E-state index contributed by atoms with van der Waals surface area (Å²) in [5, 5.41) is 19.6. The highest BCUT2D eigenvalue weighted by Gasteiger charge is 2.19. The van der Waals surface area contributed by atoms with Crippen LogP contribution in [0.4, 0.5) is 0 Å². The standard InChI is InChI=1S/C11H14N2O4/c12-5-7-1-3-8(4-2-7)10(15)13-9(6-14)11(16)17/h1-4,9,14H,5-6,12H2,(H,13,15)(H,16,17)/t9-/m1/s1. The number of aliphatic hydroxyl groups excluding tert-OH is 1. The summed E-state index contributed by atoms with van der Waals surface area (Å²) in [7, 11) is 0.